The summed E-state index contributed by atoms with van der Waals surface area (Å²) in [5, 5.41) is 17.4. The van der Waals surface area contributed by atoms with Gasteiger partial charge in [0, 0.05) is 0 Å². The van der Waals surface area contributed by atoms with E-state index in [0.717, 1.165) is 16.0 Å². The van der Waals surface area contributed by atoms with Gasteiger partial charge < -0.3 is 24.9 Å². The zero-order valence-corrected chi connectivity index (χ0v) is 18.3. The summed E-state index contributed by atoms with van der Waals surface area (Å²) in [5.41, 5.74) is 0.747. The maximum Gasteiger partial charge on any atom is 0.404 e. The first-order valence-corrected chi connectivity index (χ1v) is 9.79. The summed E-state index contributed by atoms with van der Waals surface area (Å²) in [5.74, 6) is -2.36. The van der Waals surface area contributed by atoms with Crippen LogP contribution in [0.3, 0.4) is 0 Å². The SMILES string of the molecule is CCOC(=O)c1sc(NC(=O)Cn2nc([N+](=O)[O-])c(Br)c2C)c(C(=O)OC)c1C. The zero-order chi connectivity index (χ0) is 21.9. The number of halogens is 1. The second kappa shape index (κ2) is 9.13. The Hall–Kier alpha value is -2.80. The van der Waals surface area contributed by atoms with Crippen molar-refractivity contribution in [3.8, 4) is 0 Å². The van der Waals surface area contributed by atoms with Crippen LogP contribution in [0.2, 0.25) is 0 Å². The van der Waals surface area contributed by atoms with E-state index in [4.69, 9.17) is 9.47 Å². The third-order valence-corrected chi connectivity index (χ3v) is 5.95. The second-order valence-corrected chi connectivity index (χ2v) is 7.47. The van der Waals surface area contributed by atoms with Crippen molar-refractivity contribution in [1.82, 2.24) is 9.78 Å². The van der Waals surface area contributed by atoms with Crippen LogP contribution in [0.5, 0.6) is 0 Å². The lowest BCUT2D eigenvalue weighted by atomic mass is 10.1. The van der Waals surface area contributed by atoms with E-state index in [1.807, 2.05) is 0 Å². The Morgan fingerprint density at radius 2 is 1.97 bits per heavy atom. The molecule has 2 heterocycles. The number of nitro groups is 1. The van der Waals surface area contributed by atoms with Crippen molar-refractivity contribution in [2.75, 3.05) is 19.0 Å². The third kappa shape index (κ3) is 4.62. The molecule has 1 amide bonds. The maximum absolute atomic E-state index is 12.5. The van der Waals surface area contributed by atoms with Crippen LogP contribution in [0.1, 0.15) is 38.2 Å². The number of anilines is 1. The molecule has 1 N–H and O–H groups in total. The monoisotopic (exact) mass is 488 g/mol. The molecule has 0 spiro atoms. The Morgan fingerprint density at radius 3 is 2.48 bits per heavy atom. The summed E-state index contributed by atoms with van der Waals surface area (Å²) in [6, 6.07) is 0. The molecule has 0 radical (unpaired) electrons. The van der Waals surface area contributed by atoms with Gasteiger partial charge in [-0.1, -0.05) is 0 Å². The summed E-state index contributed by atoms with van der Waals surface area (Å²) in [6.07, 6.45) is 0. The van der Waals surface area contributed by atoms with Crippen LogP contribution < -0.4 is 5.32 Å². The Balaban J connectivity index is 2.33. The molecule has 0 bridgehead atoms. The smallest absolute Gasteiger partial charge is 0.404 e. The van der Waals surface area contributed by atoms with Gasteiger partial charge in [0.1, 0.15) is 20.9 Å². The number of nitrogens with one attached hydrogen (secondary N) is 1. The van der Waals surface area contributed by atoms with Crippen molar-refractivity contribution in [3.63, 3.8) is 0 Å². The Labute approximate surface area is 177 Å². The van der Waals surface area contributed by atoms with Gasteiger partial charge in [0.25, 0.3) is 0 Å². The number of ether oxygens (including phenoxy) is 2. The lowest BCUT2D eigenvalue weighted by Gasteiger charge is -2.06. The van der Waals surface area contributed by atoms with Crippen molar-refractivity contribution in [2.24, 2.45) is 0 Å². The maximum atomic E-state index is 12.5. The fraction of sp³-hybridized carbons (Fsp3) is 0.375. The first-order valence-electron chi connectivity index (χ1n) is 8.18. The number of nitrogens with zero attached hydrogens (tertiary/aromatic N) is 3. The lowest BCUT2D eigenvalue weighted by Crippen LogP contribution is -2.21. The van der Waals surface area contributed by atoms with Crippen molar-refractivity contribution in [2.45, 2.75) is 27.3 Å². The molecule has 156 valence electrons. The first-order chi connectivity index (χ1) is 13.6. The molecule has 0 atom stereocenters. The molecular formula is C16H17BrN4O7S. The van der Waals surface area contributed by atoms with E-state index in [0.29, 0.717) is 11.3 Å². The largest absolute Gasteiger partial charge is 0.465 e. The number of methoxy groups -OCH3 is 1. The molecule has 0 unspecified atom stereocenters. The number of carbonyl (C=O) groups excluding carboxylic acids is 3. The predicted molar refractivity (Wildman–Crippen MR) is 106 cm³/mol. The molecule has 0 aliphatic rings. The van der Waals surface area contributed by atoms with Crippen LogP contribution in [-0.2, 0) is 20.8 Å². The molecule has 0 aromatic carbocycles. The fourth-order valence-electron chi connectivity index (χ4n) is 2.42. The molecule has 0 saturated carbocycles. The Kier molecular flexibility index (Phi) is 7.08. The number of carbonyl (C=O) groups is 3. The Bertz CT molecular complexity index is 998. The molecule has 0 aliphatic carbocycles. The predicted octanol–water partition coefficient (Wildman–Crippen LogP) is 2.83. The van der Waals surface area contributed by atoms with Crippen molar-refractivity contribution < 1.29 is 28.8 Å². The van der Waals surface area contributed by atoms with E-state index in [9.17, 15) is 24.5 Å². The van der Waals surface area contributed by atoms with Crippen molar-refractivity contribution in [3.05, 3.63) is 36.3 Å². The van der Waals surface area contributed by atoms with Crippen LogP contribution >= 0.6 is 27.3 Å². The van der Waals surface area contributed by atoms with Crippen molar-refractivity contribution in [1.29, 1.82) is 0 Å². The van der Waals surface area contributed by atoms with Crippen LogP contribution in [0.4, 0.5) is 10.8 Å². The molecular weight excluding hydrogens is 472 g/mol. The summed E-state index contributed by atoms with van der Waals surface area (Å²) in [7, 11) is 1.18. The Morgan fingerprint density at radius 1 is 1.31 bits per heavy atom. The van der Waals surface area contributed by atoms with Gasteiger partial charge in [-0.2, -0.15) is 4.68 Å². The topological polar surface area (TPSA) is 143 Å². The van der Waals surface area contributed by atoms with Gasteiger partial charge in [-0.3, -0.25) is 4.79 Å². The normalized spacial score (nSPS) is 10.5. The van der Waals surface area contributed by atoms with Gasteiger partial charge in [-0.15, -0.1) is 11.3 Å². The van der Waals surface area contributed by atoms with E-state index in [1.165, 1.54) is 7.11 Å². The van der Waals surface area contributed by atoms with Crippen molar-refractivity contribution >= 4 is 55.9 Å². The average Bonchev–Trinajstić information content (AvgIpc) is 3.12. The number of esters is 2. The minimum atomic E-state index is -0.724. The number of hydrogen-bond donors (Lipinski definition) is 1. The van der Waals surface area contributed by atoms with Gasteiger partial charge in [-0.25, -0.2) is 9.59 Å². The van der Waals surface area contributed by atoms with E-state index in [2.05, 4.69) is 26.3 Å². The summed E-state index contributed by atoms with van der Waals surface area (Å²) in [4.78, 5) is 47.2. The highest BCUT2D eigenvalue weighted by molar-refractivity contribution is 9.10. The van der Waals surface area contributed by atoms with E-state index in [1.54, 1.807) is 20.8 Å². The molecule has 2 aromatic rings. The molecule has 0 aliphatic heterocycles. The minimum Gasteiger partial charge on any atom is -0.465 e. The highest BCUT2D eigenvalue weighted by Crippen LogP contribution is 2.34. The van der Waals surface area contributed by atoms with Crippen LogP contribution in [0.25, 0.3) is 0 Å². The number of rotatable bonds is 7. The minimum absolute atomic E-state index is 0.0400. The first kappa shape index (κ1) is 22.5. The molecule has 29 heavy (non-hydrogen) atoms. The summed E-state index contributed by atoms with van der Waals surface area (Å²) < 4.78 is 11.0. The quantitative estimate of drug-likeness (QED) is 0.355. The standard InChI is InChI=1S/C16H17BrN4O7S/c1-5-28-16(24)12-7(2)10(15(23)27-4)14(29-12)18-9(22)6-20-8(3)11(17)13(19-20)21(25)26/h5-6H2,1-4H3,(H,18,22). The zero-order valence-electron chi connectivity index (χ0n) is 15.9. The average molecular weight is 489 g/mol. The molecule has 2 aromatic heterocycles. The summed E-state index contributed by atoms with van der Waals surface area (Å²) >= 11 is 3.95. The van der Waals surface area contributed by atoms with Gasteiger partial charge >= 0.3 is 17.8 Å². The van der Waals surface area contributed by atoms with Gasteiger partial charge in [0.15, 0.2) is 0 Å². The molecule has 0 fully saturated rings. The summed E-state index contributed by atoms with van der Waals surface area (Å²) in [6.45, 7) is 4.56. The third-order valence-electron chi connectivity index (χ3n) is 3.83. The number of amides is 1. The molecule has 11 nitrogen and oxygen atoms in total. The van der Waals surface area contributed by atoms with E-state index < -0.39 is 28.6 Å². The number of aromatic nitrogens is 2. The molecule has 0 saturated heterocycles. The highest BCUT2D eigenvalue weighted by Gasteiger charge is 2.28. The second-order valence-electron chi connectivity index (χ2n) is 5.66. The van der Waals surface area contributed by atoms with Gasteiger partial charge in [-0.05, 0) is 47.2 Å². The van der Waals surface area contributed by atoms with Gasteiger partial charge in [0.05, 0.1) is 30.1 Å². The van der Waals surface area contributed by atoms with Gasteiger partial charge in [0.2, 0.25) is 5.91 Å². The molecule has 13 heteroatoms. The van der Waals surface area contributed by atoms with Crippen LogP contribution in [0.15, 0.2) is 4.47 Å². The van der Waals surface area contributed by atoms with E-state index >= 15 is 0 Å². The van der Waals surface area contributed by atoms with E-state index in [-0.39, 0.29) is 33.1 Å². The highest BCUT2D eigenvalue weighted by atomic mass is 79.9. The number of thiophene rings is 1. The lowest BCUT2D eigenvalue weighted by molar-refractivity contribution is -0.390. The van der Waals surface area contributed by atoms with Crippen LogP contribution in [0, 0.1) is 24.0 Å². The fourth-order valence-corrected chi connectivity index (χ4v) is 3.96. The van der Waals surface area contributed by atoms with Crippen LogP contribution in [-0.4, -0.2) is 46.3 Å². The molecule has 2 rings (SSSR count). The number of hydrogen-bond acceptors (Lipinski definition) is 9.